The first-order chi connectivity index (χ1) is 12.2. The first-order valence-corrected chi connectivity index (χ1v) is 9.24. The SMILES string of the molecule is C=CCN(CC=C)C(=O)[C@H]1CCC(=O)N(CCCN2CCOCC2)C1. The molecule has 0 spiro atoms. The molecule has 2 saturated heterocycles. The van der Waals surface area contributed by atoms with E-state index in [1.165, 1.54) is 0 Å². The van der Waals surface area contributed by atoms with E-state index in [1.54, 1.807) is 17.1 Å². The summed E-state index contributed by atoms with van der Waals surface area (Å²) in [6.45, 7) is 14.2. The Balaban J connectivity index is 1.82. The third-order valence-corrected chi connectivity index (χ3v) is 4.87. The summed E-state index contributed by atoms with van der Waals surface area (Å²) in [6, 6.07) is 0. The Bertz CT molecular complexity index is 465. The van der Waals surface area contributed by atoms with Crippen LogP contribution in [0, 0.1) is 5.92 Å². The number of carbonyl (C=O) groups is 2. The fourth-order valence-electron chi connectivity index (χ4n) is 3.47. The van der Waals surface area contributed by atoms with Crippen LogP contribution in [0.25, 0.3) is 0 Å². The molecule has 2 heterocycles. The standard InChI is InChI=1S/C19H31N3O3/c1-3-8-21(9-4-2)19(24)17-6-7-18(23)22(16-17)11-5-10-20-12-14-25-15-13-20/h3-4,17H,1-2,5-16H2/t17-/m0/s1. The Kier molecular flexibility index (Phi) is 8.15. The topological polar surface area (TPSA) is 53.1 Å². The molecule has 6 nitrogen and oxygen atoms in total. The molecule has 2 amide bonds. The van der Waals surface area contributed by atoms with Gasteiger partial charge in [-0.2, -0.15) is 0 Å². The molecule has 0 saturated carbocycles. The molecule has 0 aromatic carbocycles. The lowest BCUT2D eigenvalue weighted by atomic mass is 9.95. The lowest BCUT2D eigenvalue weighted by Crippen LogP contribution is -2.48. The van der Waals surface area contributed by atoms with Gasteiger partial charge in [-0.15, -0.1) is 13.2 Å². The summed E-state index contributed by atoms with van der Waals surface area (Å²) >= 11 is 0. The fourth-order valence-corrected chi connectivity index (χ4v) is 3.47. The number of nitrogens with zero attached hydrogens (tertiary/aromatic N) is 3. The van der Waals surface area contributed by atoms with Crippen molar-refractivity contribution in [3.8, 4) is 0 Å². The molecular weight excluding hydrogens is 318 g/mol. The number of hydrogen-bond donors (Lipinski definition) is 0. The van der Waals surface area contributed by atoms with Gasteiger partial charge in [-0.3, -0.25) is 14.5 Å². The Morgan fingerprint density at radius 2 is 1.88 bits per heavy atom. The second kappa shape index (κ2) is 10.4. The van der Waals surface area contributed by atoms with E-state index in [1.807, 2.05) is 4.90 Å². The van der Waals surface area contributed by atoms with Crippen LogP contribution in [-0.2, 0) is 14.3 Å². The summed E-state index contributed by atoms with van der Waals surface area (Å²) in [6.07, 6.45) is 5.51. The molecule has 0 aromatic rings. The number of carbonyl (C=O) groups excluding carboxylic acids is 2. The van der Waals surface area contributed by atoms with Crippen LogP contribution >= 0.6 is 0 Å². The molecule has 0 radical (unpaired) electrons. The second-order valence-corrected chi connectivity index (χ2v) is 6.70. The van der Waals surface area contributed by atoms with Crippen molar-refractivity contribution >= 4 is 11.8 Å². The molecule has 0 aromatic heterocycles. The van der Waals surface area contributed by atoms with Crippen LogP contribution in [-0.4, -0.2) is 85.5 Å². The number of rotatable bonds is 9. The van der Waals surface area contributed by atoms with Gasteiger partial charge in [0.25, 0.3) is 0 Å². The van der Waals surface area contributed by atoms with E-state index in [9.17, 15) is 9.59 Å². The van der Waals surface area contributed by atoms with Crippen LogP contribution in [0.2, 0.25) is 0 Å². The Hall–Kier alpha value is -1.66. The summed E-state index contributed by atoms with van der Waals surface area (Å²) in [4.78, 5) is 30.9. The zero-order valence-electron chi connectivity index (χ0n) is 15.2. The van der Waals surface area contributed by atoms with Crippen molar-refractivity contribution in [1.82, 2.24) is 14.7 Å². The predicted octanol–water partition coefficient (Wildman–Crippen LogP) is 1.15. The summed E-state index contributed by atoms with van der Waals surface area (Å²) in [5, 5.41) is 0. The molecule has 0 N–H and O–H groups in total. The minimum atomic E-state index is -0.110. The number of piperidine rings is 1. The molecule has 0 aliphatic carbocycles. The Labute approximate surface area is 151 Å². The predicted molar refractivity (Wildman–Crippen MR) is 98.2 cm³/mol. The van der Waals surface area contributed by atoms with Gasteiger partial charge in [-0.05, 0) is 12.8 Å². The quantitative estimate of drug-likeness (QED) is 0.586. The van der Waals surface area contributed by atoms with Gasteiger partial charge >= 0.3 is 0 Å². The van der Waals surface area contributed by atoms with Crippen LogP contribution < -0.4 is 0 Å². The zero-order valence-corrected chi connectivity index (χ0v) is 15.2. The number of amides is 2. The van der Waals surface area contributed by atoms with Gasteiger partial charge in [0.15, 0.2) is 0 Å². The third-order valence-electron chi connectivity index (χ3n) is 4.87. The summed E-state index contributed by atoms with van der Waals surface area (Å²) in [7, 11) is 0. The van der Waals surface area contributed by atoms with Crippen LogP contribution in [0.15, 0.2) is 25.3 Å². The normalized spacial score (nSPS) is 21.8. The van der Waals surface area contributed by atoms with E-state index in [2.05, 4.69) is 18.1 Å². The van der Waals surface area contributed by atoms with E-state index >= 15 is 0 Å². The molecule has 0 unspecified atom stereocenters. The Morgan fingerprint density at radius 1 is 1.20 bits per heavy atom. The maximum Gasteiger partial charge on any atom is 0.228 e. The molecule has 0 bridgehead atoms. The van der Waals surface area contributed by atoms with Gasteiger partial charge in [0, 0.05) is 52.2 Å². The molecule has 140 valence electrons. The smallest absolute Gasteiger partial charge is 0.228 e. The lowest BCUT2D eigenvalue weighted by molar-refractivity contribution is -0.142. The minimum Gasteiger partial charge on any atom is -0.379 e. The molecule has 2 aliphatic heterocycles. The van der Waals surface area contributed by atoms with Gasteiger partial charge in [-0.1, -0.05) is 12.2 Å². The van der Waals surface area contributed by atoms with Crippen molar-refractivity contribution in [2.45, 2.75) is 19.3 Å². The first-order valence-electron chi connectivity index (χ1n) is 9.24. The number of ether oxygens (including phenoxy) is 1. The van der Waals surface area contributed by atoms with Gasteiger partial charge < -0.3 is 14.5 Å². The van der Waals surface area contributed by atoms with Gasteiger partial charge in [0.2, 0.25) is 11.8 Å². The molecule has 2 rings (SSSR count). The van der Waals surface area contributed by atoms with Crippen molar-refractivity contribution < 1.29 is 14.3 Å². The second-order valence-electron chi connectivity index (χ2n) is 6.70. The van der Waals surface area contributed by atoms with Crippen LogP contribution in [0.1, 0.15) is 19.3 Å². The van der Waals surface area contributed by atoms with Crippen molar-refractivity contribution in [1.29, 1.82) is 0 Å². The molecule has 1 atom stereocenters. The highest BCUT2D eigenvalue weighted by Gasteiger charge is 2.32. The van der Waals surface area contributed by atoms with Gasteiger partial charge in [-0.25, -0.2) is 0 Å². The summed E-state index contributed by atoms with van der Waals surface area (Å²) in [5.41, 5.74) is 0. The van der Waals surface area contributed by atoms with Gasteiger partial charge in [0.1, 0.15) is 0 Å². The van der Waals surface area contributed by atoms with Gasteiger partial charge in [0.05, 0.1) is 19.1 Å². The number of morpholine rings is 1. The highest BCUT2D eigenvalue weighted by molar-refractivity contribution is 5.84. The van der Waals surface area contributed by atoms with E-state index in [4.69, 9.17) is 4.74 Å². The fraction of sp³-hybridized carbons (Fsp3) is 0.684. The first kappa shape index (κ1) is 19.7. The number of hydrogen-bond acceptors (Lipinski definition) is 4. The summed E-state index contributed by atoms with van der Waals surface area (Å²) < 4.78 is 5.35. The number of likely N-dealkylation sites (tertiary alicyclic amines) is 1. The molecule has 2 fully saturated rings. The van der Waals surface area contributed by atoms with Crippen molar-refractivity contribution in [3.05, 3.63) is 25.3 Å². The summed E-state index contributed by atoms with van der Waals surface area (Å²) in [5.74, 6) is 0.163. The maximum absolute atomic E-state index is 12.7. The van der Waals surface area contributed by atoms with E-state index < -0.39 is 0 Å². The van der Waals surface area contributed by atoms with Crippen LogP contribution in [0.3, 0.4) is 0 Å². The average Bonchev–Trinajstić information content (AvgIpc) is 2.63. The van der Waals surface area contributed by atoms with Crippen molar-refractivity contribution in [2.75, 3.05) is 59.0 Å². The van der Waals surface area contributed by atoms with E-state index in [0.717, 1.165) is 45.8 Å². The largest absolute Gasteiger partial charge is 0.379 e. The lowest BCUT2D eigenvalue weighted by Gasteiger charge is -2.35. The highest BCUT2D eigenvalue weighted by atomic mass is 16.5. The Morgan fingerprint density at radius 3 is 2.52 bits per heavy atom. The maximum atomic E-state index is 12.7. The molecule has 25 heavy (non-hydrogen) atoms. The van der Waals surface area contributed by atoms with Crippen LogP contribution in [0.4, 0.5) is 0 Å². The molecule has 2 aliphatic rings. The van der Waals surface area contributed by atoms with Crippen molar-refractivity contribution in [2.24, 2.45) is 5.92 Å². The van der Waals surface area contributed by atoms with E-state index in [-0.39, 0.29) is 17.7 Å². The highest BCUT2D eigenvalue weighted by Crippen LogP contribution is 2.20. The van der Waals surface area contributed by atoms with Crippen LogP contribution in [0.5, 0.6) is 0 Å². The molecule has 6 heteroatoms. The third kappa shape index (κ3) is 5.97. The van der Waals surface area contributed by atoms with E-state index in [0.29, 0.717) is 32.5 Å². The average molecular weight is 349 g/mol. The minimum absolute atomic E-state index is 0.102. The molecular formula is C19H31N3O3. The monoisotopic (exact) mass is 349 g/mol. The zero-order chi connectivity index (χ0) is 18.1. The van der Waals surface area contributed by atoms with Crippen molar-refractivity contribution in [3.63, 3.8) is 0 Å².